The summed E-state index contributed by atoms with van der Waals surface area (Å²) >= 11 is 3.39. The van der Waals surface area contributed by atoms with Crippen molar-refractivity contribution in [2.24, 2.45) is 5.73 Å². The first-order chi connectivity index (χ1) is 9.15. The van der Waals surface area contributed by atoms with Gasteiger partial charge in [0.1, 0.15) is 6.04 Å². The van der Waals surface area contributed by atoms with Crippen molar-refractivity contribution >= 4 is 33.4 Å². The fraction of sp³-hybridized carbons (Fsp3) is 0.364. The second-order valence-electron chi connectivity index (χ2n) is 4.38. The molecule has 1 atom stereocenters. The maximum Gasteiger partial charge on any atom is 0.246 e. The Morgan fingerprint density at radius 3 is 3.16 bits per heavy atom. The highest BCUT2D eigenvalue weighted by Crippen LogP contribution is 2.17. The molecule has 3 rings (SSSR count). The number of carbonyl (C=O) groups excluding carboxylic acids is 1. The number of piperazine rings is 1. The number of fused-ring (bicyclic) bond motifs is 1. The zero-order valence-corrected chi connectivity index (χ0v) is 11.7. The van der Waals surface area contributed by atoms with Crippen LogP contribution in [0.15, 0.2) is 22.8 Å². The predicted molar refractivity (Wildman–Crippen MR) is 73.9 cm³/mol. The van der Waals surface area contributed by atoms with E-state index in [-0.39, 0.29) is 5.91 Å². The molecule has 0 radical (unpaired) electrons. The molecular weight excluding hydrogens is 312 g/mol. The number of amides is 1. The van der Waals surface area contributed by atoms with Crippen LogP contribution in [0.2, 0.25) is 0 Å². The monoisotopic (exact) mass is 324 g/mol. The van der Waals surface area contributed by atoms with E-state index in [1.807, 2.05) is 23.2 Å². The minimum atomic E-state index is -0.408. The summed E-state index contributed by atoms with van der Waals surface area (Å²) in [6, 6.07) is 3.36. The summed E-state index contributed by atoms with van der Waals surface area (Å²) < 4.78 is 2.60. The number of carbonyl (C=O) groups is 1. The molecular formula is C11H13BrN6O. The fourth-order valence-electron chi connectivity index (χ4n) is 2.17. The number of nitrogens with two attached hydrogens (primary N) is 1. The number of anilines is 1. The van der Waals surface area contributed by atoms with Crippen LogP contribution in [0.25, 0.3) is 5.65 Å². The molecule has 1 aliphatic heterocycles. The van der Waals surface area contributed by atoms with Gasteiger partial charge in [0.2, 0.25) is 11.9 Å². The van der Waals surface area contributed by atoms with Crippen LogP contribution in [0.5, 0.6) is 0 Å². The summed E-state index contributed by atoms with van der Waals surface area (Å²) in [5.74, 6) is 0.163. The standard InChI is InChI=1S/C11H13BrN6O/c12-7-1-2-9-15-11(16-18(9)6-7)17-4-3-14-5-8(17)10(13)19/h1-2,6,8,14H,3-5H2,(H2,13,19). The molecule has 0 bridgehead atoms. The van der Waals surface area contributed by atoms with Crippen molar-refractivity contribution in [1.29, 1.82) is 0 Å². The minimum absolute atomic E-state index is 0.368. The van der Waals surface area contributed by atoms with Crippen LogP contribution in [0, 0.1) is 0 Å². The lowest BCUT2D eigenvalue weighted by Gasteiger charge is -2.33. The molecule has 7 nitrogen and oxygen atoms in total. The smallest absolute Gasteiger partial charge is 0.246 e. The highest BCUT2D eigenvalue weighted by atomic mass is 79.9. The highest BCUT2D eigenvalue weighted by molar-refractivity contribution is 9.10. The average molecular weight is 325 g/mol. The van der Waals surface area contributed by atoms with E-state index in [1.165, 1.54) is 0 Å². The Hall–Kier alpha value is -1.67. The number of aromatic nitrogens is 3. The number of hydrogen-bond acceptors (Lipinski definition) is 5. The number of halogens is 1. The van der Waals surface area contributed by atoms with Gasteiger partial charge in [0.25, 0.3) is 0 Å². The van der Waals surface area contributed by atoms with Crippen molar-refractivity contribution < 1.29 is 4.79 Å². The van der Waals surface area contributed by atoms with E-state index in [4.69, 9.17) is 5.73 Å². The van der Waals surface area contributed by atoms with E-state index in [2.05, 4.69) is 31.3 Å². The normalized spacial score (nSPS) is 19.8. The zero-order valence-electron chi connectivity index (χ0n) is 10.1. The van der Waals surface area contributed by atoms with Crippen molar-refractivity contribution in [3.8, 4) is 0 Å². The van der Waals surface area contributed by atoms with E-state index in [1.54, 1.807) is 4.52 Å². The Labute approximate surface area is 117 Å². The molecule has 2 aromatic heterocycles. The van der Waals surface area contributed by atoms with Crippen LogP contribution in [0.1, 0.15) is 0 Å². The van der Waals surface area contributed by atoms with Gasteiger partial charge in [0.05, 0.1) is 0 Å². The third kappa shape index (κ3) is 2.28. The van der Waals surface area contributed by atoms with Crippen LogP contribution in [0.4, 0.5) is 5.95 Å². The Morgan fingerprint density at radius 2 is 2.37 bits per heavy atom. The number of pyridine rings is 1. The number of nitrogens with one attached hydrogen (secondary N) is 1. The van der Waals surface area contributed by atoms with Gasteiger partial charge < -0.3 is 16.0 Å². The molecule has 0 aromatic carbocycles. The molecule has 1 unspecified atom stereocenters. The molecule has 1 fully saturated rings. The number of nitrogens with zero attached hydrogens (tertiary/aromatic N) is 4. The fourth-order valence-corrected chi connectivity index (χ4v) is 2.49. The third-order valence-corrected chi connectivity index (χ3v) is 3.58. The number of hydrogen-bond donors (Lipinski definition) is 2. The molecule has 1 saturated heterocycles. The molecule has 2 aromatic rings. The highest BCUT2D eigenvalue weighted by Gasteiger charge is 2.29. The molecule has 100 valence electrons. The second-order valence-corrected chi connectivity index (χ2v) is 5.29. The quantitative estimate of drug-likeness (QED) is 0.795. The summed E-state index contributed by atoms with van der Waals surface area (Å²) in [7, 11) is 0. The van der Waals surface area contributed by atoms with Gasteiger partial charge in [0.15, 0.2) is 5.65 Å². The van der Waals surface area contributed by atoms with Crippen LogP contribution >= 0.6 is 15.9 Å². The van der Waals surface area contributed by atoms with Crippen molar-refractivity contribution in [1.82, 2.24) is 19.9 Å². The summed E-state index contributed by atoms with van der Waals surface area (Å²) in [5, 5.41) is 7.54. The van der Waals surface area contributed by atoms with Crippen LogP contribution in [-0.2, 0) is 4.79 Å². The van der Waals surface area contributed by atoms with E-state index in [9.17, 15) is 4.79 Å². The lowest BCUT2D eigenvalue weighted by Crippen LogP contribution is -2.57. The van der Waals surface area contributed by atoms with Gasteiger partial charge in [-0.25, -0.2) is 4.52 Å². The van der Waals surface area contributed by atoms with Gasteiger partial charge in [-0.1, -0.05) is 0 Å². The molecule has 0 saturated carbocycles. The molecule has 1 amide bonds. The van der Waals surface area contributed by atoms with Crippen molar-refractivity contribution in [3.05, 3.63) is 22.8 Å². The van der Waals surface area contributed by atoms with E-state index < -0.39 is 6.04 Å². The molecule has 8 heteroatoms. The van der Waals surface area contributed by atoms with Gasteiger partial charge in [-0.2, -0.15) is 4.98 Å². The van der Waals surface area contributed by atoms with Crippen LogP contribution in [-0.4, -0.2) is 46.2 Å². The van der Waals surface area contributed by atoms with Gasteiger partial charge in [-0.3, -0.25) is 4.79 Å². The second kappa shape index (κ2) is 4.78. The van der Waals surface area contributed by atoms with Crippen molar-refractivity contribution in [2.75, 3.05) is 24.5 Å². The van der Waals surface area contributed by atoms with Crippen LogP contribution < -0.4 is 16.0 Å². The van der Waals surface area contributed by atoms with E-state index >= 15 is 0 Å². The Kier molecular flexibility index (Phi) is 3.11. The Bertz CT molecular complexity index is 627. The summed E-state index contributed by atoms with van der Waals surface area (Å²) in [5.41, 5.74) is 6.16. The Morgan fingerprint density at radius 1 is 1.53 bits per heavy atom. The molecule has 1 aliphatic rings. The number of rotatable bonds is 2. The first kappa shape index (κ1) is 12.4. The van der Waals surface area contributed by atoms with Crippen LogP contribution in [0.3, 0.4) is 0 Å². The Balaban J connectivity index is 1.99. The molecule has 0 aliphatic carbocycles. The first-order valence-corrected chi connectivity index (χ1v) is 6.73. The number of primary amides is 1. The lowest BCUT2D eigenvalue weighted by atomic mass is 10.2. The summed E-state index contributed by atoms with van der Waals surface area (Å²) in [6.45, 7) is 1.96. The van der Waals surface area contributed by atoms with E-state index in [0.29, 0.717) is 19.0 Å². The van der Waals surface area contributed by atoms with Crippen molar-refractivity contribution in [3.63, 3.8) is 0 Å². The average Bonchev–Trinajstić information content (AvgIpc) is 2.81. The lowest BCUT2D eigenvalue weighted by molar-refractivity contribution is -0.119. The molecule has 3 heterocycles. The predicted octanol–water partition coefficient (Wildman–Crippen LogP) is -0.245. The first-order valence-electron chi connectivity index (χ1n) is 5.94. The van der Waals surface area contributed by atoms with Gasteiger partial charge in [-0.15, -0.1) is 5.10 Å². The summed E-state index contributed by atoms with van der Waals surface area (Å²) in [4.78, 5) is 17.8. The largest absolute Gasteiger partial charge is 0.368 e. The summed E-state index contributed by atoms with van der Waals surface area (Å²) in [6.07, 6.45) is 1.83. The maximum absolute atomic E-state index is 11.5. The third-order valence-electron chi connectivity index (χ3n) is 3.11. The molecule has 3 N–H and O–H groups in total. The SMILES string of the molecule is NC(=O)C1CNCCN1c1nc2ccc(Br)cn2n1. The van der Waals surface area contributed by atoms with E-state index in [0.717, 1.165) is 16.7 Å². The molecule has 0 spiro atoms. The maximum atomic E-state index is 11.5. The molecule has 19 heavy (non-hydrogen) atoms. The van der Waals surface area contributed by atoms with Crippen molar-refractivity contribution in [2.45, 2.75) is 6.04 Å². The topological polar surface area (TPSA) is 88.5 Å². The van der Waals surface area contributed by atoms with Gasteiger partial charge in [0, 0.05) is 30.3 Å². The minimum Gasteiger partial charge on any atom is -0.368 e. The van der Waals surface area contributed by atoms with Gasteiger partial charge in [-0.05, 0) is 28.1 Å². The van der Waals surface area contributed by atoms with Gasteiger partial charge >= 0.3 is 0 Å². The zero-order chi connectivity index (χ0) is 13.4.